The van der Waals surface area contributed by atoms with Crippen LogP contribution in [0.25, 0.3) is 22.4 Å². The maximum absolute atomic E-state index is 9.66. The summed E-state index contributed by atoms with van der Waals surface area (Å²) in [5, 5.41) is 14.2. The minimum absolute atomic E-state index is 0.155. The number of anilines is 1. The van der Waals surface area contributed by atoms with Gasteiger partial charge in [0.1, 0.15) is 11.5 Å². The van der Waals surface area contributed by atoms with Gasteiger partial charge in [-0.15, -0.1) is 0 Å². The molecule has 3 N–H and O–H groups in total. The molecule has 4 rings (SSSR count). The smallest absolute Gasteiger partial charge is 0.164 e. The van der Waals surface area contributed by atoms with Gasteiger partial charge >= 0.3 is 0 Å². The quantitative estimate of drug-likeness (QED) is 0.692. The molecule has 0 spiro atoms. The summed E-state index contributed by atoms with van der Waals surface area (Å²) < 4.78 is 0. The number of pyridine rings is 1. The third-order valence-corrected chi connectivity index (χ3v) is 4.39. The Morgan fingerprint density at radius 3 is 2.61 bits per heavy atom. The lowest BCUT2D eigenvalue weighted by Gasteiger charge is -2.26. The van der Waals surface area contributed by atoms with Crippen LogP contribution in [0.4, 0.5) is 5.82 Å². The second kappa shape index (κ2) is 5.96. The van der Waals surface area contributed by atoms with Gasteiger partial charge in [0.05, 0.1) is 11.5 Å². The first kappa shape index (κ1) is 14.1. The van der Waals surface area contributed by atoms with Crippen LogP contribution < -0.4 is 5.32 Å². The Bertz CT molecular complexity index is 793. The fourth-order valence-electron chi connectivity index (χ4n) is 3.09. The van der Waals surface area contributed by atoms with E-state index in [-0.39, 0.29) is 6.10 Å². The number of aromatic nitrogens is 4. The molecule has 1 fully saturated rings. The lowest BCUT2D eigenvalue weighted by Crippen LogP contribution is -2.28. The first-order valence-corrected chi connectivity index (χ1v) is 8.00. The molecule has 0 bridgehead atoms. The van der Waals surface area contributed by atoms with E-state index in [0.717, 1.165) is 48.1 Å². The molecule has 3 aromatic heterocycles. The number of fused-ring (bicyclic) bond motifs is 1. The van der Waals surface area contributed by atoms with Gasteiger partial charge in [-0.05, 0) is 43.9 Å². The molecule has 0 radical (unpaired) electrons. The number of nitrogens with zero attached hydrogens (tertiary/aromatic N) is 3. The van der Waals surface area contributed by atoms with Gasteiger partial charge in [0, 0.05) is 30.2 Å². The van der Waals surface area contributed by atoms with Crippen molar-refractivity contribution < 1.29 is 5.11 Å². The van der Waals surface area contributed by atoms with Crippen LogP contribution in [0.3, 0.4) is 0 Å². The van der Waals surface area contributed by atoms with Gasteiger partial charge in [-0.1, -0.05) is 0 Å². The molecule has 0 atom stereocenters. The largest absolute Gasteiger partial charge is 0.393 e. The monoisotopic (exact) mass is 309 g/mol. The van der Waals surface area contributed by atoms with Crippen LogP contribution in [0.5, 0.6) is 0 Å². The predicted octanol–water partition coefficient (Wildman–Crippen LogP) is 2.74. The number of hydrogen-bond acceptors (Lipinski definition) is 5. The lowest BCUT2D eigenvalue weighted by atomic mass is 9.93. The second-order valence-corrected chi connectivity index (χ2v) is 6.02. The highest BCUT2D eigenvalue weighted by atomic mass is 16.3. The molecule has 0 aromatic carbocycles. The third-order valence-electron chi connectivity index (χ3n) is 4.39. The molecule has 6 nitrogen and oxygen atoms in total. The molecule has 0 aliphatic heterocycles. The molecule has 23 heavy (non-hydrogen) atoms. The molecule has 3 heterocycles. The summed E-state index contributed by atoms with van der Waals surface area (Å²) in [7, 11) is 0. The summed E-state index contributed by atoms with van der Waals surface area (Å²) in [6, 6.07) is 6.15. The molecule has 1 aliphatic rings. The Morgan fingerprint density at radius 1 is 1.04 bits per heavy atom. The van der Waals surface area contributed by atoms with Crippen molar-refractivity contribution in [2.24, 2.45) is 0 Å². The van der Waals surface area contributed by atoms with Crippen LogP contribution >= 0.6 is 0 Å². The lowest BCUT2D eigenvalue weighted by molar-refractivity contribution is 0.126. The zero-order valence-corrected chi connectivity index (χ0v) is 12.7. The zero-order chi connectivity index (χ0) is 15.6. The van der Waals surface area contributed by atoms with E-state index in [0.29, 0.717) is 11.9 Å². The van der Waals surface area contributed by atoms with E-state index in [4.69, 9.17) is 4.98 Å². The van der Waals surface area contributed by atoms with Crippen molar-refractivity contribution >= 4 is 16.9 Å². The fraction of sp³-hybridized carbons (Fsp3) is 0.353. The molecule has 0 amide bonds. The van der Waals surface area contributed by atoms with Crippen molar-refractivity contribution in [1.82, 2.24) is 19.9 Å². The van der Waals surface area contributed by atoms with Crippen molar-refractivity contribution in [3.05, 3.63) is 36.8 Å². The van der Waals surface area contributed by atoms with Gasteiger partial charge in [-0.3, -0.25) is 4.98 Å². The van der Waals surface area contributed by atoms with Crippen molar-refractivity contribution in [3.8, 4) is 11.4 Å². The van der Waals surface area contributed by atoms with Crippen molar-refractivity contribution in [2.75, 3.05) is 5.32 Å². The molecule has 3 aromatic rings. The van der Waals surface area contributed by atoms with Crippen molar-refractivity contribution in [1.29, 1.82) is 0 Å². The predicted molar refractivity (Wildman–Crippen MR) is 89.0 cm³/mol. The number of aromatic amines is 1. The summed E-state index contributed by atoms with van der Waals surface area (Å²) in [6.07, 6.45) is 8.82. The maximum atomic E-state index is 9.66. The van der Waals surface area contributed by atoms with E-state index in [1.54, 1.807) is 12.4 Å². The molecule has 118 valence electrons. The molecular weight excluding hydrogens is 290 g/mol. The Morgan fingerprint density at radius 2 is 1.83 bits per heavy atom. The van der Waals surface area contributed by atoms with Gasteiger partial charge in [-0.25, -0.2) is 9.97 Å². The first-order chi connectivity index (χ1) is 11.3. The van der Waals surface area contributed by atoms with Crippen molar-refractivity contribution in [3.63, 3.8) is 0 Å². The van der Waals surface area contributed by atoms with Crippen LogP contribution in [0, 0.1) is 0 Å². The Kier molecular flexibility index (Phi) is 3.67. The van der Waals surface area contributed by atoms with Gasteiger partial charge in [0.15, 0.2) is 5.82 Å². The minimum atomic E-state index is -0.155. The Hall–Kier alpha value is -2.47. The molecular formula is C17H19N5O. The molecule has 6 heteroatoms. The van der Waals surface area contributed by atoms with Crippen molar-refractivity contribution in [2.45, 2.75) is 37.8 Å². The zero-order valence-electron chi connectivity index (χ0n) is 12.7. The summed E-state index contributed by atoms with van der Waals surface area (Å²) >= 11 is 0. The minimum Gasteiger partial charge on any atom is -0.393 e. The number of aliphatic hydroxyl groups excluding tert-OH is 1. The molecule has 1 saturated carbocycles. The van der Waals surface area contributed by atoms with Crippen LogP contribution in [-0.4, -0.2) is 37.2 Å². The number of rotatable bonds is 3. The number of aliphatic hydroxyl groups is 1. The van der Waals surface area contributed by atoms with Crippen LogP contribution in [0.15, 0.2) is 36.8 Å². The topological polar surface area (TPSA) is 86.7 Å². The average molecular weight is 309 g/mol. The van der Waals surface area contributed by atoms with Gasteiger partial charge < -0.3 is 15.4 Å². The van der Waals surface area contributed by atoms with E-state index in [2.05, 4.69) is 20.3 Å². The summed E-state index contributed by atoms with van der Waals surface area (Å²) in [5.74, 6) is 1.53. The summed E-state index contributed by atoms with van der Waals surface area (Å²) in [5.41, 5.74) is 1.77. The average Bonchev–Trinajstić information content (AvgIpc) is 3.06. The molecule has 0 saturated heterocycles. The van der Waals surface area contributed by atoms with Crippen LogP contribution in [0.2, 0.25) is 0 Å². The van der Waals surface area contributed by atoms with Gasteiger partial charge in [0.2, 0.25) is 0 Å². The third kappa shape index (κ3) is 2.90. The number of nitrogens with one attached hydrogen (secondary N) is 2. The fourth-order valence-corrected chi connectivity index (χ4v) is 3.09. The normalized spacial score (nSPS) is 21.4. The molecule has 1 aliphatic carbocycles. The summed E-state index contributed by atoms with van der Waals surface area (Å²) in [6.45, 7) is 0. The van der Waals surface area contributed by atoms with Crippen LogP contribution in [-0.2, 0) is 0 Å². The highest BCUT2D eigenvalue weighted by Gasteiger charge is 2.21. The van der Waals surface area contributed by atoms with E-state index in [1.807, 2.05) is 24.4 Å². The summed E-state index contributed by atoms with van der Waals surface area (Å²) in [4.78, 5) is 16.5. The van der Waals surface area contributed by atoms with Gasteiger partial charge in [0.25, 0.3) is 0 Å². The molecule has 0 unspecified atom stereocenters. The first-order valence-electron chi connectivity index (χ1n) is 8.00. The second-order valence-electron chi connectivity index (χ2n) is 6.02. The van der Waals surface area contributed by atoms with E-state index in [1.165, 1.54) is 0 Å². The van der Waals surface area contributed by atoms with E-state index < -0.39 is 0 Å². The maximum Gasteiger partial charge on any atom is 0.164 e. The van der Waals surface area contributed by atoms with E-state index in [9.17, 15) is 5.11 Å². The van der Waals surface area contributed by atoms with Crippen LogP contribution in [0.1, 0.15) is 25.7 Å². The SMILES string of the molecule is OC1CCC(Nc2nc(-c3ccncc3)nc3[nH]ccc23)CC1. The Balaban J connectivity index is 1.69. The Labute approximate surface area is 134 Å². The van der Waals surface area contributed by atoms with E-state index >= 15 is 0 Å². The number of hydrogen-bond donors (Lipinski definition) is 3. The highest BCUT2D eigenvalue weighted by Crippen LogP contribution is 2.27. The number of H-pyrrole nitrogens is 1. The standard InChI is InChI=1S/C17H19N5O/c23-13-3-1-12(2-4-13)20-17-14-7-10-19-16(14)21-15(22-17)11-5-8-18-9-6-11/h5-10,12-13,23H,1-4H2,(H2,19,20,21,22). The highest BCUT2D eigenvalue weighted by molar-refractivity contribution is 5.88. The van der Waals surface area contributed by atoms with Gasteiger partial charge in [-0.2, -0.15) is 0 Å².